The van der Waals surface area contributed by atoms with Crippen LogP contribution < -0.4 is 20.3 Å². The zero-order valence-electron chi connectivity index (χ0n) is 19.2. The Bertz CT molecular complexity index is 1110. The van der Waals surface area contributed by atoms with Crippen molar-refractivity contribution in [1.82, 2.24) is 15.6 Å². The molecule has 2 aromatic carbocycles. The Balaban J connectivity index is 0.00000306. The first-order chi connectivity index (χ1) is 15.7. The Morgan fingerprint density at radius 2 is 1.94 bits per heavy atom. The van der Waals surface area contributed by atoms with Gasteiger partial charge in [-0.1, -0.05) is 37.3 Å². The molecular weight excluding hydrogens is 529 g/mol. The first kappa shape index (κ1) is 24.9. The summed E-state index contributed by atoms with van der Waals surface area (Å²) in [7, 11) is 1.77. The van der Waals surface area contributed by atoms with Gasteiger partial charge in [0.2, 0.25) is 0 Å². The number of nitrogens with zero attached hydrogens (tertiary/aromatic N) is 2. The van der Waals surface area contributed by atoms with Gasteiger partial charge in [-0.25, -0.2) is 0 Å². The predicted molar refractivity (Wildman–Crippen MR) is 145 cm³/mol. The largest absolute Gasteiger partial charge is 0.482 e. The Morgan fingerprint density at radius 1 is 1.12 bits per heavy atom. The number of aromatic nitrogens is 1. The molecule has 33 heavy (non-hydrogen) atoms. The first-order valence-electron chi connectivity index (χ1n) is 11.3. The van der Waals surface area contributed by atoms with E-state index in [4.69, 9.17) is 4.74 Å². The number of fused-ring (bicyclic) bond motifs is 2. The third-order valence-electron chi connectivity index (χ3n) is 5.84. The summed E-state index contributed by atoms with van der Waals surface area (Å²) in [5, 5.41) is 8.03. The van der Waals surface area contributed by atoms with Crippen molar-refractivity contribution in [2.24, 2.45) is 4.99 Å². The fourth-order valence-electron chi connectivity index (χ4n) is 4.16. The molecule has 4 rings (SSSR count). The Labute approximate surface area is 212 Å². The number of para-hydroxylation sites is 3. The van der Waals surface area contributed by atoms with Gasteiger partial charge >= 0.3 is 0 Å². The van der Waals surface area contributed by atoms with Crippen molar-refractivity contribution < 1.29 is 9.53 Å². The van der Waals surface area contributed by atoms with E-state index in [1.807, 2.05) is 24.3 Å². The summed E-state index contributed by atoms with van der Waals surface area (Å²) >= 11 is 0. The van der Waals surface area contributed by atoms with E-state index < -0.39 is 0 Å². The number of carbonyl (C=O) groups excluding carboxylic acids is 1. The van der Waals surface area contributed by atoms with Gasteiger partial charge in [-0.05, 0) is 42.5 Å². The van der Waals surface area contributed by atoms with Crippen LogP contribution in [-0.4, -0.2) is 50.1 Å². The number of aliphatic imine (C=N–C) groups is 1. The lowest BCUT2D eigenvalue weighted by atomic mass is 10.1. The van der Waals surface area contributed by atoms with Gasteiger partial charge in [0.1, 0.15) is 5.75 Å². The molecule has 1 amide bonds. The number of anilines is 1. The normalized spacial score (nSPS) is 13.3. The van der Waals surface area contributed by atoms with Crippen LogP contribution in [0.2, 0.25) is 0 Å². The maximum atomic E-state index is 12.3. The Hall–Kier alpha value is -2.75. The van der Waals surface area contributed by atoms with Gasteiger partial charge in [0.05, 0.1) is 5.69 Å². The van der Waals surface area contributed by atoms with Crippen LogP contribution in [0.4, 0.5) is 5.69 Å². The third-order valence-corrected chi connectivity index (χ3v) is 5.84. The summed E-state index contributed by atoms with van der Waals surface area (Å²) in [4.78, 5) is 21.8. The van der Waals surface area contributed by atoms with E-state index in [0.717, 1.165) is 49.7 Å². The number of rotatable bonds is 8. The molecule has 0 aliphatic carbocycles. The van der Waals surface area contributed by atoms with Crippen molar-refractivity contribution in [3.05, 3.63) is 59.8 Å². The van der Waals surface area contributed by atoms with Gasteiger partial charge in [0.25, 0.3) is 5.91 Å². The summed E-state index contributed by atoms with van der Waals surface area (Å²) in [5.74, 6) is 1.53. The van der Waals surface area contributed by atoms with Crippen molar-refractivity contribution >= 4 is 52.4 Å². The highest BCUT2D eigenvalue weighted by Gasteiger charge is 2.24. The van der Waals surface area contributed by atoms with Gasteiger partial charge in [0, 0.05) is 43.8 Å². The van der Waals surface area contributed by atoms with Crippen molar-refractivity contribution in [2.75, 3.05) is 38.2 Å². The minimum absolute atomic E-state index is 0. The number of benzene rings is 2. The highest BCUT2D eigenvalue weighted by Crippen LogP contribution is 2.31. The highest BCUT2D eigenvalue weighted by molar-refractivity contribution is 14.0. The van der Waals surface area contributed by atoms with Crippen LogP contribution in [0.3, 0.4) is 0 Å². The summed E-state index contributed by atoms with van der Waals surface area (Å²) < 4.78 is 5.50. The Kier molecular flexibility index (Phi) is 8.99. The number of hydrogen-bond acceptors (Lipinski definition) is 3. The summed E-state index contributed by atoms with van der Waals surface area (Å²) in [6, 6.07) is 14.2. The minimum atomic E-state index is -0.00355. The van der Waals surface area contributed by atoms with Crippen molar-refractivity contribution in [3.8, 4) is 5.75 Å². The summed E-state index contributed by atoms with van der Waals surface area (Å²) in [6.45, 7) is 4.43. The van der Waals surface area contributed by atoms with E-state index in [-0.39, 0.29) is 36.5 Å². The summed E-state index contributed by atoms with van der Waals surface area (Å²) in [5.41, 5.74) is 4.74. The average Bonchev–Trinajstić information content (AvgIpc) is 3.25. The molecule has 1 aliphatic heterocycles. The second-order valence-corrected chi connectivity index (χ2v) is 7.84. The molecule has 0 bridgehead atoms. The summed E-state index contributed by atoms with van der Waals surface area (Å²) in [6.07, 6.45) is 4.85. The minimum Gasteiger partial charge on any atom is -0.482 e. The molecule has 3 N–H and O–H groups in total. The van der Waals surface area contributed by atoms with Crippen LogP contribution in [0.15, 0.2) is 53.7 Å². The van der Waals surface area contributed by atoms with Gasteiger partial charge < -0.3 is 25.3 Å². The number of guanidine groups is 1. The molecule has 0 fully saturated rings. The molecule has 0 spiro atoms. The smallest absolute Gasteiger partial charge is 0.265 e. The van der Waals surface area contributed by atoms with Crippen LogP contribution in [0.1, 0.15) is 24.5 Å². The molecular formula is C25H32IN5O2. The van der Waals surface area contributed by atoms with E-state index in [2.05, 4.69) is 51.9 Å². The monoisotopic (exact) mass is 561 g/mol. The molecule has 1 aliphatic rings. The Morgan fingerprint density at radius 3 is 2.76 bits per heavy atom. The molecule has 1 aromatic heterocycles. The van der Waals surface area contributed by atoms with Crippen LogP contribution in [-0.2, 0) is 17.6 Å². The number of ether oxygens (including phenoxy) is 1. The molecule has 0 unspecified atom stereocenters. The predicted octanol–water partition coefficient (Wildman–Crippen LogP) is 3.87. The van der Waals surface area contributed by atoms with E-state index >= 15 is 0 Å². The van der Waals surface area contributed by atoms with E-state index in [1.165, 1.54) is 22.0 Å². The zero-order valence-corrected chi connectivity index (χ0v) is 21.5. The second kappa shape index (κ2) is 11.9. The number of carbonyl (C=O) groups is 1. The SMILES string of the molecule is CCc1cccc2c(CCNC(=NC)NCCCN3C(=O)COc4ccccc43)c[nH]c12.I. The van der Waals surface area contributed by atoms with Gasteiger partial charge in [-0.3, -0.25) is 9.79 Å². The maximum Gasteiger partial charge on any atom is 0.265 e. The fraction of sp³-hybridized carbons (Fsp3) is 0.360. The quantitative estimate of drug-likeness (QED) is 0.169. The van der Waals surface area contributed by atoms with Crippen LogP contribution in [0.5, 0.6) is 5.75 Å². The number of aryl methyl sites for hydroxylation is 1. The average molecular weight is 561 g/mol. The lowest BCUT2D eigenvalue weighted by molar-refractivity contribution is -0.121. The van der Waals surface area contributed by atoms with Gasteiger partial charge in [-0.15, -0.1) is 24.0 Å². The molecule has 0 saturated heterocycles. The van der Waals surface area contributed by atoms with Crippen LogP contribution in [0, 0.1) is 0 Å². The molecule has 8 heteroatoms. The number of aromatic amines is 1. The number of H-pyrrole nitrogens is 1. The topological polar surface area (TPSA) is 81.8 Å². The van der Waals surface area contributed by atoms with Gasteiger partial charge in [-0.2, -0.15) is 0 Å². The van der Waals surface area contributed by atoms with Crippen molar-refractivity contribution in [1.29, 1.82) is 0 Å². The van der Waals surface area contributed by atoms with Crippen molar-refractivity contribution in [2.45, 2.75) is 26.2 Å². The number of amides is 1. The van der Waals surface area contributed by atoms with E-state index in [0.29, 0.717) is 6.54 Å². The first-order valence-corrected chi connectivity index (χ1v) is 11.3. The van der Waals surface area contributed by atoms with Crippen LogP contribution >= 0.6 is 24.0 Å². The molecule has 0 atom stereocenters. The molecule has 0 saturated carbocycles. The molecule has 7 nitrogen and oxygen atoms in total. The molecule has 176 valence electrons. The fourth-order valence-corrected chi connectivity index (χ4v) is 4.16. The zero-order chi connectivity index (χ0) is 22.3. The lowest BCUT2D eigenvalue weighted by Gasteiger charge is -2.29. The van der Waals surface area contributed by atoms with E-state index in [9.17, 15) is 4.79 Å². The number of hydrogen-bond donors (Lipinski definition) is 3. The highest BCUT2D eigenvalue weighted by atomic mass is 127. The third kappa shape index (κ3) is 5.79. The lowest BCUT2D eigenvalue weighted by Crippen LogP contribution is -2.42. The van der Waals surface area contributed by atoms with E-state index in [1.54, 1.807) is 11.9 Å². The maximum absolute atomic E-state index is 12.3. The molecule has 0 radical (unpaired) electrons. The molecule has 2 heterocycles. The number of nitrogens with one attached hydrogen (secondary N) is 3. The van der Waals surface area contributed by atoms with Crippen LogP contribution in [0.25, 0.3) is 10.9 Å². The standard InChI is InChI=1S/C25H31N5O2.HI/c1-3-18-8-6-9-20-19(16-29-24(18)20)12-14-28-25(26-2)27-13-7-15-30-21-10-4-5-11-22(21)32-17-23(30)31;/h4-6,8-11,16,29H,3,7,12-15,17H2,1-2H3,(H2,26,27,28);1H. The second-order valence-electron chi connectivity index (χ2n) is 7.84. The molecule has 3 aromatic rings. The van der Waals surface area contributed by atoms with Crippen molar-refractivity contribution in [3.63, 3.8) is 0 Å². The van der Waals surface area contributed by atoms with Gasteiger partial charge in [0.15, 0.2) is 12.6 Å². The number of halogens is 1.